The highest BCUT2D eigenvalue weighted by molar-refractivity contribution is 5.60. The van der Waals surface area contributed by atoms with Crippen LogP contribution in [0, 0.1) is 5.82 Å². The molecule has 0 amide bonds. The molecule has 0 bridgehead atoms. The van der Waals surface area contributed by atoms with Crippen LogP contribution < -0.4 is 10.5 Å². The second-order valence-electron chi connectivity index (χ2n) is 8.10. The summed E-state index contributed by atoms with van der Waals surface area (Å²) in [6.45, 7) is 3.51. The summed E-state index contributed by atoms with van der Waals surface area (Å²) in [4.78, 5) is 26.0. The minimum atomic E-state index is -0.481. The molecule has 0 radical (unpaired) electrons. The first-order valence-corrected chi connectivity index (χ1v) is 10.3. The van der Waals surface area contributed by atoms with E-state index in [9.17, 15) is 9.18 Å². The van der Waals surface area contributed by atoms with Crippen LogP contribution in [0.2, 0.25) is 0 Å². The van der Waals surface area contributed by atoms with Crippen LogP contribution in [0.4, 0.5) is 10.3 Å². The average Bonchev–Trinajstić information content (AvgIpc) is 3.21. The smallest absolute Gasteiger partial charge is 0.255 e. The first-order chi connectivity index (χ1) is 14.6. The molecule has 3 aromatic rings. The van der Waals surface area contributed by atoms with Crippen molar-refractivity contribution in [3.8, 4) is 11.3 Å². The Morgan fingerprint density at radius 2 is 1.93 bits per heavy atom. The zero-order chi connectivity index (χ0) is 20.7. The van der Waals surface area contributed by atoms with Gasteiger partial charge in [0.1, 0.15) is 0 Å². The lowest BCUT2D eigenvalue weighted by Crippen LogP contribution is -2.58. The Bertz CT molecular complexity index is 1130. The second-order valence-corrected chi connectivity index (χ2v) is 8.10. The summed E-state index contributed by atoms with van der Waals surface area (Å²) in [6, 6.07) is 13.5. The van der Waals surface area contributed by atoms with Gasteiger partial charge in [-0.15, -0.1) is 0 Å². The van der Waals surface area contributed by atoms with Gasteiger partial charge in [0.25, 0.3) is 5.56 Å². The summed E-state index contributed by atoms with van der Waals surface area (Å²) in [6.07, 6.45) is 4.88. The zero-order valence-corrected chi connectivity index (χ0v) is 17.0. The van der Waals surface area contributed by atoms with Crippen LogP contribution in [-0.2, 0) is 12.6 Å². The van der Waals surface area contributed by atoms with Crippen LogP contribution in [0.25, 0.3) is 11.3 Å². The van der Waals surface area contributed by atoms with Crippen molar-refractivity contribution >= 4 is 5.95 Å². The van der Waals surface area contributed by atoms with Crippen molar-refractivity contribution in [2.45, 2.75) is 18.4 Å². The van der Waals surface area contributed by atoms with Gasteiger partial charge < -0.3 is 4.90 Å². The van der Waals surface area contributed by atoms with E-state index in [1.807, 2.05) is 6.07 Å². The van der Waals surface area contributed by atoms with Gasteiger partial charge in [-0.1, -0.05) is 30.3 Å². The Hall–Kier alpha value is -3.06. The van der Waals surface area contributed by atoms with Crippen molar-refractivity contribution in [2.24, 2.45) is 7.05 Å². The second kappa shape index (κ2) is 7.32. The molecule has 1 aromatic carbocycles. The van der Waals surface area contributed by atoms with Crippen molar-refractivity contribution in [1.29, 1.82) is 0 Å². The predicted molar refractivity (Wildman–Crippen MR) is 114 cm³/mol. The number of anilines is 1. The van der Waals surface area contributed by atoms with Crippen molar-refractivity contribution in [2.75, 3.05) is 31.1 Å². The largest absolute Gasteiger partial charge is 0.339 e. The predicted octanol–water partition coefficient (Wildman–Crippen LogP) is 2.79. The molecule has 1 atom stereocenters. The lowest BCUT2D eigenvalue weighted by Gasteiger charge is -2.48. The number of hydrogen-bond donors (Lipinski definition) is 0. The lowest BCUT2D eigenvalue weighted by atomic mass is 9.85. The van der Waals surface area contributed by atoms with Crippen molar-refractivity contribution in [3.05, 3.63) is 76.6 Å². The van der Waals surface area contributed by atoms with Gasteiger partial charge in [-0.3, -0.25) is 19.2 Å². The summed E-state index contributed by atoms with van der Waals surface area (Å²) >= 11 is 0. The molecule has 7 heteroatoms. The Morgan fingerprint density at radius 1 is 1.10 bits per heavy atom. The number of nitrogens with zero attached hydrogens (tertiary/aromatic N) is 5. The molecule has 4 heterocycles. The van der Waals surface area contributed by atoms with E-state index in [4.69, 9.17) is 4.98 Å². The third-order valence-corrected chi connectivity index (χ3v) is 6.47. The Balaban J connectivity index is 1.58. The summed E-state index contributed by atoms with van der Waals surface area (Å²) in [5.41, 5.74) is 1.65. The van der Waals surface area contributed by atoms with Crippen molar-refractivity contribution in [1.82, 2.24) is 19.4 Å². The Morgan fingerprint density at radius 3 is 2.73 bits per heavy atom. The highest BCUT2D eigenvalue weighted by atomic mass is 19.1. The number of benzene rings is 1. The number of aromatic nitrogens is 3. The highest BCUT2D eigenvalue weighted by Gasteiger charge is 2.46. The molecule has 154 valence electrons. The van der Waals surface area contributed by atoms with Gasteiger partial charge in [-0.05, 0) is 31.0 Å². The Kier molecular flexibility index (Phi) is 4.62. The number of rotatable bonds is 3. The van der Waals surface area contributed by atoms with E-state index < -0.39 is 5.82 Å². The van der Waals surface area contributed by atoms with E-state index in [1.54, 1.807) is 17.7 Å². The van der Waals surface area contributed by atoms with Crippen molar-refractivity contribution in [3.63, 3.8) is 0 Å². The molecule has 2 saturated heterocycles. The molecule has 0 aliphatic carbocycles. The normalized spacial score (nSPS) is 21.6. The van der Waals surface area contributed by atoms with Crippen LogP contribution in [0.5, 0.6) is 0 Å². The number of halogens is 1. The van der Waals surface area contributed by atoms with Gasteiger partial charge in [0, 0.05) is 44.5 Å². The van der Waals surface area contributed by atoms with E-state index in [0.717, 1.165) is 45.2 Å². The van der Waals surface area contributed by atoms with Gasteiger partial charge in [0.2, 0.25) is 5.95 Å². The standard InChI is InChI=1S/C23H24FN5O/c1-27-21(30)14-20(18-8-10-25-15-19(18)24)26-22(27)28-12-13-29-11-5-9-23(29,16-28)17-6-3-2-4-7-17/h2-4,6-8,10,14-15H,5,9,11-13,16H2,1H3. The average molecular weight is 405 g/mol. The first-order valence-electron chi connectivity index (χ1n) is 10.3. The molecular weight excluding hydrogens is 381 g/mol. The van der Waals surface area contributed by atoms with E-state index in [0.29, 0.717) is 17.2 Å². The van der Waals surface area contributed by atoms with Gasteiger partial charge in [0.15, 0.2) is 5.82 Å². The molecule has 2 aromatic heterocycles. The molecular formula is C23H24FN5O. The molecule has 1 unspecified atom stereocenters. The Labute approximate surface area is 174 Å². The molecule has 2 aliphatic heterocycles. The van der Waals surface area contributed by atoms with Gasteiger partial charge in [-0.2, -0.15) is 0 Å². The third kappa shape index (κ3) is 3.01. The molecule has 0 saturated carbocycles. The first kappa shape index (κ1) is 18.9. The van der Waals surface area contributed by atoms with E-state index in [2.05, 4.69) is 39.0 Å². The summed E-state index contributed by atoms with van der Waals surface area (Å²) in [5.74, 6) is 0.0983. The number of fused-ring (bicyclic) bond motifs is 1. The molecule has 2 aliphatic rings. The van der Waals surface area contributed by atoms with Gasteiger partial charge >= 0.3 is 0 Å². The maximum atomic E-state index is 14.3. The third-order valence-electron chi connectivity index (χ3n) is 6.47. The molecule has 0 spiro atoms. The van der Waals surface area contributed by atoms with Crippen LogP contribution in [-0.4, -0.2) is 45.6 Å². The topological polar surface area (TPSA) is 54.3 Å². The number of hydrogen-bond acceptors (Lipinski definition) is 5. The van der Waals surface area contributed by atoms with E-state index in [1.165, 1.54) is 17.8 Å². The maximum Gasteiger partial charge on any atom is 0.255 e. The fraction of sp³-hybridized carbons (Fsp3) is 0.348. The number of pyridine rings is 1. The molecule has 30 heavy (non-hydrogen) atoms. The molecule has 2 fully saturated rings. The zero-order valence-electron chi connectivity index (χ0n) is 17.0. The molecule has 0 N–H and O–H groups in total. The minimum absolute atomic E-state index is 0.0881. The summed E-state index contributed by atoms with van der Waals surface area (Å²) in [7, 11) is 1.73. The van der Waals surface area contributed by atoms with Gasteiger partial charge in [0.05, 0.1) is 17.4 Å². The van der Waals surface area contributed by atoms with Gasteiger partial charge in [-0.25, -0.2) is 9.37 Å². The van der Waals surface area contributed by atoms with Crippen molar-refractivity contribution < 1.29 is 4.39 Å². The van der Waals surface area contributed by atoms with E-state index in [-0.39, 0.29) is 11.1 Å². The van der Waals surface area contributed by atoms with Crippen LogP contribution in [0.15, 0.2) is 59.7 Å². The van der Waals surface area contributed by atoms with E-state index >= 15 is 0 Å². The molecule has 6 nitrogen and oxygen atoms in total. The summed E-state index contributed by atoms with van der Waals surface area (Å²) < 4.78 is 15.9. The SMILES string of the molecule is Cn1c(N2CCN3CCCC3(c3ccccc3)C2)nc(-c2ccncc2F)cc1=O. The fourth-order valence-electron chi connectivity index (χ4n) is 4.94. The number of piperazine rings is 1. The minimum Gasteiger partial charge on any atom is -0.339 e. The van der Waals surface area contributed by atoms with Crippen LogP contribution >= 0.6 is 0 Å². The maximum absolute atomic E-state index is 14.3. The monoisotopic (exact) mass is 405 g/mol. The van der Waals surface area contributed by atoms with Crippen LogP contribution in [0.1, 0.15) is 18.4 Å². The van der Waals surface area contributed by atoms with Crippen LogP contribution in [0.3, 0.4) is 0 Å². The fourth-order valence-corrected chi connectivity index (χ4v) is 4.94. The molecule has 5 rings (SSSR count). The quantitative estimate of drug-likeness (QED) is 0.671. The lowest BCUT2D eigenvalue weighted by molar-refractivity contribution is 0.118. The highest BCUT2D eigenvalue weighted by Crippen LogP contribution is 2.42. The summed E-state index contributed by atoms with van der Waals surface area (Å²) in [5, 5.41) is 0.